The predicted molar refractivity (Wildman–Crippen MR) is 88.0 cm³/mol. The third kappa shape index (κ3) is 3.37. The van der Waals surface area contributed by atoms with E-state index in [1.165, 1.54) is 11.1 Å². The molecule has 0 spiro atoms. The van der Waals surface area contributed by atoms with Crippen molar-refractivity contribution in [2.24, 2.45) is 0 Å². The van der Waals surface area contributed by atoms with Crippen molar-refractivity contribution in [3.63, 3.8) is 0 Å². The summed E-state index contributed by atoms with van der Waals surface area (Å²) in [7, 11) is 0. The van der Waals surface area contributed by atoms with E-state index in [0.29, 0.717) is 12.8 Å². The van der Waals surface area contributed by atoms with Gasteiger partial charge in [0, 0.05) is 6.42 Å². The van der Waals surface area contributed by atoms with Crippen molar-refractivity contribution in [3.8, 4) is 0 Å². The summed E-state index contributed by atoms with van der Waals surface area (Å²) in [6.07, 6.45) is 0.908. The number of hydrogen-bond acceptors (Lipinski definition) is 3. The number of hydrogen-bond donors (Lipinski definition) is 0. The number of carbonyl (C=O) groups excluding carboxylic acids is 1. The highest BCUT2D eigenvalue weighted by molar-refractivity contribution is 7.18. The van der Waals surface area contributed by atoms with Crippen LogP contribution in [-0.2, 0) is 17.6 Å². The lowest BCUT2D eigenvalue weighted by molar-refractivity contribution is -0.117. The fourth-order valence-corrected chi connectivity index (χ4v) is 3.62. The Labute approximate surface area is 128 Å². The van der Waals surface area contributed by atoms with E-state index in [1.54, 1.807) is 11.3 Å². The van der Waals surface area contributed by atoms with Gasteiger partial charge in [0.15, 0.2) is 0 Å². The van der Waals surface area contributed by atoms with Gasteiger partial charge < -0.3 is 0 Å². The third-order valence-corrected chi connectivity index (χ3v) is 4.41. The lowest BCUT2D eigenvalue weighted by Crippen LogP contribution is -2.06. The standard InChI is InChI=1S/C18H17NOS/c1-12-7-13(2)9-14(8-12)10-15(20)11-18-19-16-5-3-4-6-17(16)21-18/h3-9H,10-11H2,1-2H3. The molecule has 1 heterocycles. The number of carbonyl (C=O) groups is 1. The summed E-state index contributed by atoms with van der Waals surface area (Å²) in [6, 6.07) is 14.3. The summed E-state index contributed by atoms with van der Waals surface area (Å²) in [4.78, 5) is 16.8. The smallest absolute Gasteiger partial charge is 0.144 e. The van der Waals surface area contributed by atoms with Gasteiger partial charge in [0.05, 0.1) is 16.6 Å². The Balaban J connectivity index is 1.73. The molecule has 0 fully saturated rings. The monoisotopic (exact) mass is 295 g/mol. The SMILES string of the molecule is Cc1cc(C)cc(CC(=O)Cc2nc3ccccc3s2)c1. The topological polar surface area (TPSA) is 30.0 Å². The number of nitrogens with zero attached hydrogens (tertiary/aromatic N) is 1. The molecule has 0 aliphatic rings. The fraction of sp³-hybridized carbons (Fsp3) is 0.222. The van der Waals surface area contributed by atoms with Crippen LogP contribution in [0.4, 0.5) is 0 Å². The van der Waals surface area contributed by atoms with Crippen LogP contribution in [0.5, 0.6) is 0 Å². The van der Waals surface area contributed by atoms with Crippen LogP contribution in [0.1, 0.15) is 21.7 Å². The lowest BCUT2D eigenvalue weighted by Gasteiger charge is -2.03. The number of rotatable bonds is 4. The first kappa shape index (κ1) is 14.0. The number of Topliss-reactive ketones (excluding diaryl/α,β-unsaturated/α-hetero) is 1. The molecule has 106 valence electrons. The minimum absolute atomic E-state index is 0.221. The Kier molecular flexibility index (Phi) is 3.84. The number of thiazole rings is 1. The van der Waals surface area contributed by atoms with Crippen LogP contribution in [0.2, 0.25) is 0 Å². The second kappa shape index (κ2) is 5.78. The molecule has 0 amide bonds. The molecule has 0 saturated carbocycles. The maximum absolute atomic E-state index is 12.2. The highest BCUT2D eigenvalue weighted by Crippen LogP contribution is 2.22. The first-order valence-electron chi connectivity index (χ1n) is 7.03. The van der Waals surface area contributed by atoms with Gasteiger partial charge in [-0.2, -0.15) is 0 Å². The van der Waals surface area contributed by atoms with Gasteiger partial charge >= 0.3 is 0 Å². The number of para-hydroxylation sites is 1. The Morgan fingerprint density at radius 3 is 2.48 bits per heavy atom. The molecule has 0 saturated heterocycles. The summed E-state index contributed by atoms with van der Waals surface area (Å²) < 4.78 is 1.15. The second-order valence-electron chi connectivity index (χ2n) is 5.46. The molecule has 0 aliphatic carbocycles. The average Bonchev–Trinajstić information content (AvgIpc) is 2.78. The highest BCUT2D eigenvalue weighted by atomic mass is 32.1. The van der Waals surface area contributed by atoms with Crippen molar-refractivity contribution in [2.75, 3.05) is 0 Å². The predicted octanol–water partition coefficient (Wildman–Crippen LogP) is 4.27. The van der Waals surface area contributed by atoms with E-state index >= 15 is 0 Å². The first-order valence-corrected chi connectivity index (χ1v) is 7.85. The molecule has 0 atom stereocenters. The minimum atomic E-state index is 0.221. The molecule has 0 N–H and O–H groups in total. The van der Waals surface area contributed by atoms with Crippen LogP contribution < -0.4 is 0 Å². The molecule has 0 aliphatic heterocycles. The molecule has 0 bridgehead atoms. The van der Waals surface area contributed by atoms with E-state index in [-0.39, 0.29) is 5.78 Å². The number of fused-ring (bicyclic) bond motifs is 1. The Hall–Kier alpha value is -2.00. The molecule has 3 rings (SSSR count). The summed E-state index contributed by atoms with van der Waals surface area (Å²) in [5, 5.41) is 0.908. The van der Waals surface area contributed by atoms with Gasteiger partial charge in [0.2, 0.25) is 0 Å². The maximum atomic E-state index is 12.2. The Morgan fingerprint density at radius 2 is 1.76 bits per heavy atom. The molecule has 0 radical (unpaired) electrons. The van der Waals surface area contributed by atoms with Crippen molar-refractivity contribution >= 4 is 27.3 Å². The van der Waals surface area contributed by atoms with Crippen molar-refractivity contribution in [2.45, 2.75) is 26.7 Å². The molecular weight excluding hydrogens is 278 g/mol. The van der Waals surface area contributed by atoms with Crippen molar-refractivity contribution < 1.29 is 4.79 Å². The van der Waals surface area contributed by atoms with Crippen molar-refractivity contribution in [1.82, 2.24) is 4.98 Å². The lowest BCUT2D eigenvalue weighted by atomic mass is 10.0. The first-order chi connectivity index (χ1) is 10.1. The van der Waals surface area contributed by atoms with Gasteiger partial charge in [-0.3, -0.25) is 4.79 Å². The molecule has 3 heteroatoms. The van der Waals surface area contributed by atoms with Crippen LogP contribution in [0, 0.1) is 13.8 Å². The van der Waals surface area contributed by atoms with Gasteiger partial charge in [-0.15, -0.1) is 11.3 Å². The van der Waals surface area contributed by atoms with E-state index in [2.05, 4.69) is 37.0 Å². The summed E-state index contributed by atoms with van der Waals surface area (Å²) in [5.74, 6) is 0.221. The van der Waals surface area contributed by atoms with E-state index in [9.17, 15) is 4.79 Å². The molecule has 21 heavy (non-hydrogen) atoms. The molecule has 1 aromatic heterocycles. The van der Waals surface area contributed by atoms with Gasteiger partial charge in [0.1, 0.15) is 10.8 Å². The zero-order valence-corrected chi connectivity index (χ0v) is 13.0. The third-order valence-electron chi connectivity index (χ3n) is 3.37. The maximum Gasteiger partial charge on any atom is 0.144 e. The zero-order valence-electron chi connectivity index (χ0n) is 12.2. The van der Waals surface area contributed by atoms with Crippen molar-refractivity contribution in [1.29, 1.82) is 0 Å². The number of benzene rings is 2. The van der Waals surface area contributed by atoms with Crippen LogP contribution in [0.15, 0.2) is 42.5 Å². The van der Waals surface area contributed by atoms with Gasteiger partial charge in [-0.1, -0.05) is 41.5 Å². The molecule has 0 unspecified atom stereocenters. The molecule has 3 aromatic rings. The Morgan fingerprint density at radius 1 is 1.05 bits per heavy atom. The van der Waals surface area contributed by atoms with Crippen LogP contribution >= 0.6 is 11.3 Å². The number of aryl methyl sites for hydroxylation is 2. The highest BCUT2D eigenvalue weighted by Gasteiger charge is 2.10. The second-order valence-corrected chi connectivity index (χ2v) is 6.58. The van der Waals surface area contributed by atoms with Crippen LogP contribution in [-0.4, -0.2) is 10.8 Å². The van der Waals surface area contributed by atoms with Gasteiger partial charge in [-0.25, -0.2) is 4.98 Å². The van der Waals surface area contributed by atoms with E-state index < -0.39 is 0 Å². The average molecular weight is 295 g/mol. The van der Waals surface area contributed by atoms with Crippen molar-refractivity contribution in [3.05, 3.63) is 64.2 Å². The number of aromatic nitrogens is 1. The van der Waals surface area contributed by atoms with Gasteiger partial charge in [-0.05, 0) is 31.5 Å². The largest absolute Gasteiger partial charge is 0.299 e. The van der Waals surface area contributed by atoms with Crippen LogP contribution in [0.3, 0.4) is 0 Å². The summed E-state index contributed by atoms with van der Waals surface area (Å²) >= 11 is 1.61. The van der Waals surface area contributed by atoms with E-state index in [1.807, 2.05) is 24.3 Å². The minimum Gasteiger partial charge on any atom is -0.299 e. The van der Waals surface area contributed by atoms with Gasteiger partial charge in [0.25, 0.3) is 0 Å². The van der Waals surface area contributed by atoms with E-state index in [4.69, 9.17) is 0 Å². The molecular formula is C18H17NOS. The molecule has 2 nitrogen and oxygen atoms in total. The Bertz CT molecular complexity index is 751. The summed E-state index contributed by atoms with van der Waals surface area (Å²) in [5.41, 5.74) is 4.49. The quantitative estimate of drug-likeness (QED) is 0.719. The fourth-order valence-electron chi connectivity index (χ4n) is 2.63. The van der Waals surface area contributed by atoms with Crippen LogP contribution in [0.25, 0.3) is 10.2 Å². The normalized spacial score (nSPS) is 11.0. The zero-order chi connectivity index (χ0) is 14.8. The molecule has 2 aromatic carbocycles. The van der Waals surface area contributed by atoms with E-state index in [0.717, 1.165) is 20.8 Å². The number of ketones is 1. The summed E-state index contributed by atoms with van der Waals surface area (Å²) in [6.45, 7) is 4.13.